The first-order valence-electron chi connectivity index (χ1n) is 7.37. The Morgan fingerprint density at radius 3 is 2.15 bits per heavy atom. The number of aryl methyl sites for hydroxylation is 2. The Labute approximate surface area is 127 Å². The molecule has 1 heterocycles. The summed E-state index contributed by atoms with van der Waals surface area (Å²) in [6.45, 7) is 11.2. The monoisotopic (exact) mass is 287 g/mol. The fraction of sp³-hybridized carbons (Fsp3) is 0.444. The standard InChI is InChI=1S/C18H25NS/c1-12(2)18(16-9-7-6-8-10-16)19-14(4)17-11-13(3)20-15(17)5/h6-12,14,18-19H,1-5H3. The van der Waals surface area contributed by atoms with Gasteiger partial charge in [-0.2, -0.15) is 0 Å². The third kappa shape index (κ3) is 3.50. The minimum atomic E-state index is 0.382. The van der Waals surface area contributed by atoms with Crippen LogP contribution >= 0.6 is 11.3 Å². The first-order valence-corrected chi connectivity index (χ1v) is 8.18. The van der Waals surface area contributed by atoms with Crippen LogP contribution in [0.2, 0.25) is 0 Å². The lowest BCUT2D eigenvalue weighted by atomic mass is 9.94. The van der Waals surface area contributed by atoms with Crippen LogP contribution in [0.25, 0.3) is 0 Å². The van der Waals surface area contributed by atoms with E-state index in [1.54, 1.807) is 0 Å². The molecule has 2 unspecified atom stereocenters. The van der Waals surface area contributed by atoms with Gasteiger partial charge < -0.3 is 5.32 Å². The molecule has 2 aromatic rings. The number of hydrogen-bond acceptors (Lipinski definition) is 2. The SMILES string of the molecule is Cc1cc(C(C)NC(c2ccccc2)C(C)C)c(C)s1. The second-order valence-electron chi connectivity index (χ2n) is 5.89. The highest BCUT2D eigenvalue weighted by Crippen LogP contribution is 2.30. The van der Waals surface area contributed by atoms with E-state index in [0.29, 0.717) is 18.0 Å². The second-order valence-corrected chi connectivity index (χ2v) is 7.35. The Morgan fingerprint density at radius 1 is 1.00 bits per heavy atom. The molecule has 0 saturated heterocycles. The van der Waals surface area contributed by atoms with Gasteiger partial charge in [0.2, 0.25) is 0 Å². The minimum Gasteiger partial charge on any atom is -0.303 e. The van der Waals surface area contributed by atoms with Crippen LogP contribution in [0.3, 0.4) is 0 Å². The maximum absolute atomic E-state index is 3.81. The average Bonchev–Trinajstić information content (AvgIpc) is 2.75. The van der Waals surface area contributed by atoms with E-state index in [0.717, 1.165) is 0 Å². The summed E-state index contributed by atoms with van der Waals surface area (Å²) in [6, 6.07) is 13.9. The largest absolute Gasteiger partial charge is 0.303 e. The number of benzene rings is 1. The normalized spacial score (nSPS) is 14.5. The van der Waals surface area contributed by atoms with E-state index in [-0.39, 0.29) is 0 Å². The molecule has 0 saturated carbocycles. The fourth-order valence-electron chi connectivity index (χ4n) is 2.77. The van der Waals surface area contributed by atoms with Gasteiger partial charge in [-0.15, -0.1) is 11.3 Å². The first-order chi connectivity index (χ1) is 9.49. The second kappa shape index (κ2) is 6.55. The molecule has 0 amide bonds. The first kappa shape index (κ1) is 15.3. The van der Waals surface area contributed by atoms with Crippen molar-refractivity contribution in [2.75, 3.05) is 0 Å². The van der Waals surface area contributed by atoms with E-state index in [1.807, 2.05) is 11.3 Å². The Morgan fingerprint density at radius 2 is 1.65 bits per heavy atom. The minimum absolute atomic E-state index is 0.382. The van der Waals surface area contributed by atoms with Gasteiger partial charge in [-0.05, 0) is 43.9 Å². The van der Waals surface area contributed by atoms with E-state index in [9.17, 15) is 0 Å². The van der Waals surface area contributed by atoms with Crippen molar-refractivity contribution in [3.63, 3.8) is 0 Å². The number of nitrogens with one attached hydrogen (secondary N) is 1. The molecule has 2 atom stereocenters. The molecule has 2 heteroatoms. The quantitative estimate of drug-likeness (QED) is 0.775. The predicted octanol–water partition coefficient (Wildman–Crippen LogP) is 5.41. The molecule has 0 bridgehead atoms. The zero-order chi connectivity index (χ0) is 14.7. The van der Waals surface area contributed by atoms with Crippen molar-refractivity contribution in [3.05, 3.63) is 57.3 Å². The summed E-state index contributed by atoms with van der Waals surface area (Å²) in [5, 5.41) is 3.81. The lowest BCUT2D eigenvalue weighted by molar-refractivity contribution is 0.374. The van der Waals surface area contributed by atoms with E-state index in [1.165, 1.54) is 20.9 Å². The van der Waals surface area contributed by atoms with Crippen LogP contribution in [0.1, 0.15) is 53.7 Å². The summed E-state index contributed by atoms with van der Waals surface area (Å²) >= 11 is 1.89. The lowest BCUT2D eigenvalue weighted by Crippen LogP contribution is -2.28. The molecule has 0 radical (unpaired) electrons. The topological polar surface area (TPSA) is 12.0 Å². The Bertz CT molecular complexity index is 542. The van der Waals surface area contributed by atoms with Crippen LogP contribution in [0.4, 0.5) is 0 Å². The Kier molecular flexibility index (Phi) is 5.00. The highest BCUT2D eigenvalue weighted by Gasteiger charge is 2.20. The maximum Gasteiger partial charge on any atom is 0.0348 e. The predicted molar refractivity (Wildman–Crippen MR) is 89.4 cm³/mol. The number of thiophene rings is 1. The number of rotatable bonds is 5. The van der Waals surface area contributed by atoms with Gasteiger partial charge in [-0.3, -0.25) is 0 Å². The van der Waals surface area contributed by atoms with Crippen LogP contribution in [0, 0.1) is 19.8 Å². The molecular weight excluding hydrogens is 262 g/mol. The van der Waals surface area contributed by atoms with Crippen molar-refractivity contribution >= 4 is 11.3 Å². The molecule has 1 aromatic heterocycles. The molecule has 0 spiro atoms. The van der Waals surface area contributed by atoms with E-state index < -0.39 is 0 Å². The highest BCUT2D eigenvalue weighted by atomic mass is 32.1. The zero-order valence-electron chi connectivity index (χ0n) is 13.1. The molecule has 2 rings (SSSR count). The molecule has 0 fully saturated rings. The summed E-state index contributed by atoms with van der Waals surface area (Å²) in [5.74, 6) is 0.569. The summed E-state index contributed by atoms with van der Waals surface area (Å²) in [7, 11) is 0. The summed E-state index contributed by atoms with van der Waals surface area (Å²) in [5.41, 5.74) is 2.81. The molecule has 0 aliphatic heterocycles. The van der Waals surface area contributed by atoms with Gasteiger partial charge >= 0.3 is 0 Å². The van der Waals surface area contributed by atoms with Crippen LogP contribution in [0.5, 0.6) is 0 Å². The van der Waals surface area contributed by atoms with Gasteiger partial charge in [-0.25, -0.2) is 0 Å². The van der Waals surface area contributed by atoms with Crippen molar-refractivity contribution in [2.24, 2.45) is 5.92 Å². The van der Waals surface area contributed by atoms with Gasteiger partial charge in [0, 0.05) is 21.8 Å². The molecule has 0 aliphatic carbocycles. The third-order valence-electron chi connectivity index (χ3n) is 3.80. The Balaban J connectivity index is 2.19. The number of hydrogen-bond donors (Lipinski definition) is 1. The molecule has 1 N–H and O–H groups in total. The third-order valence-corrected chi connectivity index (χ3v) is 4.78. The van der Waals surface area contributed by atoms with Gasteiger partial charge in [0.1, 0.15) is 0 Å². The summed E-state index contributed by atoms with van der Waals surface area (Å²) < 4.78 is 0. The molecule has 1 nitrogen and oxygen atoms in total. The summed E-state index contributed by atoms with van der Waals surface area (Å²) in [4.78, 5) is 2.82. The van der Waals surface area contributed by atoms with E-state index in [4.69, 9.17) is 0 Å². The van der Waals surface area contributed by atoms with Crippen molar-refractivity contribution in [3.8, 4) is 0 Å². The van der Waals surface area contributed by atoms with Crippen molar-refractivity contribution in [1.82, 2.24) is 5.32 Å². The molecule has 108 valence electrons. The Hall–Kier alpha value is -1.12. The van der Waals surface area contributed by atoms with Crippen molar-refractivity contribution in [1.29, 1.82) is 0 Å². The van der Waals surface area contributed by atoms with Crippen LogP contribution in [-0.4, -0.2) is 0 Å². The van der Waals surface area contributed by atoms with E-state index in [2.05, 4.69) is 76.3 Å². The van der Waals surface area contributed by atoms with E-state index >= 15 is 0 Å². The maximum atomic E-state index is 3.81. The van der Waals surface area contributed by atoms with Crippen LogP contribution in [-0.2, 0) is 0 Å². The van der Waals surface area contributed by atoms with Crippen LogP contribution < -0.4 is 5.32 Å². The van der Waals surface area contributed by atoms with Crippen LogP contribution in [0.15, 0.2) is 36.4 Å². The van der Waals surface area contributed by atoms with Crippen molar-refractivity contribution in [2.45, 2.75) is 46.7 Å². The van der Waals surface area contributed by atoms with Crippen molar-refractivity contribution < 1.29 is 0 Å². The van der Waals surface area contributed by atoms with Gasteiger partial charge in [-0.1, -0.05) is 44.2 Å². The van der Waals surface area contributed by atoms with Gasteiger partial charge in [0.05, 0.1) is 0 Å². The summed E-state index contributed by atoms with van der Waals surface area (Å²) in [6.07, 6.45) is 0. The fourth-order valence-corrected chi connectivity index (χ4v) is 3.80. The molecule has 0 aliphatic rings. The smallest absolute Gasteiger partial charge is 0.0348 e. The molecule has 20 heavy (non-hydrogen) atoms. The molecular formula is C18H25NS. The average molecular weight is 287 g/mol. The highest BCUT2D eigenvalue weighted by molar-refractivity contribution is 7.12. The molecule has 1 aromatic carbocycles. The van der Waals surface area contributed by atoms with Gasteiger partial charge in [0.15, 0.2) is 0 Å². The zero-order valence-corrected chi connectivity index (χ0v) is 13.9. The lowest BCUT2D eigenvalue weighted by Gasteiger charge is -2.27. The van der Waals surface area contributed by atoms with Gasteiger partial charge in [0.25, 0.3) is 0 Å².